The molecule has 4 heterocycles. The summed E-state index contributed by atoms with van der Waals surface area (Å²) in [6.45, 7) is 5.72. The van der Waals surface area contributed by atoms with Crippen LogP contribution >= 0.6 is 22.7 Å². The molecular weight excluding hydrogens is 398 g/mol. The van der Waals surface area contributed by atoms with Crippen molar-refractivity contribution >= 4 is 54.5 Å². The van der Waals surface area contributed by atoms with E-state index in [9.17, 15) is 8.78 Å². The molecule has 3 aromatic heterocycles. The number of hydrogen-bond donors (Lipinski definition) is 2. The first-order chi connectivity index (χ1) is 13.4. The van der Waals surface area contributed by atoms with E-state index in [2.05, 4.69) is 34.4 Å². The molecule has 1 fully saturated rings. The van der Waals surface area contributed by atoms with Gasteiger partial charge in [0, 0.05) is 17.1 Å². The minimum Gasteiger partial charge on any atom is -0.350 e. The van der Waals surface area contributed by atoms with Gasteiger partial charge in [0.05, 0.1) is 15.9 Å². The largest absolute Gasteiger partial charge is 0.350 e. The molecule has 1 aliphatic rings. The van der Waals surface area contributed by atoms with Gasteiger partial charge in [-0.2, -0.15) is 0 Å². The number of hydrogen-bond acceptors (Lipinski definition) is 6. The summed E-state index contributed by atoms with van der Waals surface area (Å²) in [5.74, 6) is -1.31. The fourth-order valence-corrected chi connectivity index (χ4v) is 4.67. The van der Waals surface area contributed by atoms with Gasteiger partial charge in [0.25, 0.3) is 0 Å². The number of nitrogens with one attached hydrogen (secondary N) is 2. The molecule has 2 N–H and O–H groups in total. The van der Waals surface area contributed by atoms with Gasteiger partial charge in [0.1, 0.15) is 16.0 Å². The summed E-state index contributed by atoms with van der Waals surface area (Å²) >= 11 is 2.68. The maximum absolute atomic E-state index is 14.4. The van der Waals surface area contributed by atoms with Crippen LogP contribution in [0.2, 0.25) is 0 Å². The molecule has 5 rings (SSSR count). The van der Waals surface area contributed by atoms with Crippen molar-refractivity contribution in [3.05, 3.63) is 46.9 Å². The van der Waals surface area contributed by atoms with Gasteiger partial charge in [-0.15, -0.1) is 22.7 Å². The van der Waals surface area contributed by atoms with Crippen molar-refractivity contribution in [3.63, 3.8) is 0 Å². The average molecular weight is 419 g/mol. The number of fused-ring (bicyclic) bond motifs is 2. The lowest BCUT2D eigenvalue weighted by Crippen LogP contribution is -2.31. The number of thiazole rings is 1. The van der Waals surface area contributed by atoms with Crippen molar-refractivity contribution in [1.82, 2.24) is 15.3 Å². The Kier molecular flexibility index (Phi) is 5.27. The Hall–Kier alpha value is -2.16. The molecule has 4 nitrogen and oxygen atoms in total. The zero-order valence-electron chi connectivity index (χ0n) is 15.6. The van der Waals surface area contributed by atoms with Crippen LogP contribution < -0.4 is 10.6 Å². The van der Waals surface area contributed by atoms with E-state index in [0.717, 1.165) is 10.2 Å². The molecule has 28 heavy (non-hydrogen) atoms. The van der Waals surface area contributed by atoms with Crippen LogP contribution in [0.5, 0.6) is 0 Å². The van der Waals surface area contributed by atoms with Crippen molar-refractivity contribution in [3.8, 4) is 0 Å². The van der Waals surface area contributed by atoms with Crippen molar-refractivity contribution in [2.45, 2.75) is 32.2 Å². The monoisotopic (exact) mass is 418 g/mol. The van der Waals surface area contributed by atoms with E-state index in [-0.39, 0.29) is 11.2 Å². The second-order valence-electron chi connectivity index (χ2n) is 7.28. The van der Waals surface area contributed by atoms with Crippen molar-refractivity contribution < 1.29 is 8.78 Å². The fourth-order valence-electron chi connectivity index (χ4n) is 3.21. The Morgan fingerprint density at radius 2 is 2.04 bits per heavy atom. The average Bonchev–Trinajstić information content (AvgIpc) is 3.39. The number of rotatable bonds is 2. The summed E-state index contributed by atoms with van der Waals surface area (Å²) < 4.78 is 29.0. The Labute approximate surface area is 169 Å². The van der Waals surface area contributed by atoms with Gasteiger partial charge < -0.3 is 10.6 Å². The molecular formula is C20H20F2N4S2. The van der Waals surface area contributed by atoms with Crippen LogP contribution in [-0.4, -0.2) is 22.1 Å². The van der Waals surface area contributed by atoms with Gasteiger partial charge in [-0.05, 0) is 56.8 Å². The molecule has 0 aliphatic carbocycles. The van der Waals surface area contributed by atoms with Gasteiger partial charge in [-0.3, -0.25) is 0 Å². The summed E-state index contributed by atoms with van der Waals surface area (Å²) in [6, 6.07) is 4.86. The second-order valence-corrected chi connectivity index (χ2v) is 9.06. The van der Waals surface area contributed by atoms with Crippen LogP contribution in [-0.2, 0) is 0 Å². The van der Waals surface area contributed by atoms with E-state index in [0.29, 0.717) is 15.9 Å². The second kappa shape index (κ2) is 7.69. The molecule has 0 bridgehead atoms. The number of pyridine rings is 1. The fraction of sp³-hybridized carbons (Fsp3) is 0.300. The van der Waals surface area contributed by atoms with Crippen LogP contribution in [0.3, 0.4) is 0 Å². The summed E-state index contributed by atoms with van der Waals surface area (Å²) in [7, 11) is 0. The first-order valence-corrected chi connectivity index (χ1v) is 10.8. The van der Waals surface area contributed by atoms with E-state index < -0.39 is 11.6 Å². The molecule has 1 saturated heterocycles. The number of nitrogens with zero attached hydrogens (tertiary/aromatic N) is 2. The van der Waals surface area contributed by atoms with Crippen molar-refractivity contribution in [2.24, 2.45) is 0 Å². The SMILES string of the molecule is CC1(C)CCCN1.Fc1cc2scnc2c(F)c1Nc1ccnc2sccc12. The predicted octanol–water partition coefficient (Wildman–Crippen LogP) is 6.08. The van der Waals surface area contributed by atoms with E-state index in [1.807, 2.05) is 11.4 Å². The molecule has 1 aromatic carbocycles. The van der Waals surface area contributed by atoms with Crippen LogP contribution in [0.15, 0.2) is 35.3 Å². The highest BCUT2D eigenvalue weighted by Gasteiger charge is 2.20. The molecule has 0 unspecified atom stereocenters. The number of benzene rings is 1. The number of anilines is 2. The molecule has 146 valence electrons. The zero-order valence-corrected chi connectivity index (χ0v) is 17.2. The standard InChI is InChI=1S/C14H7F2N3S2.C6H13N/c15-8-5-10-13(18-6-21-10)11(16)12(8)19-9-1-3-17-14-7(9)2-4-20-14;1-6(2)4-3-5-7-6/h1-6H,(H,17,19);7H,3-5H2,1-2H3. The molecule has 1 aliphatic heterocycles. The first-order valence-electron chi connectivity index (χ1n) is 9.00. The summed E-state index contributed by atoms with van der Waals surface area (Å²) in [5, 5.41) is 8.95. The van der Waals surface area contributed by atoms with E-state index in [1.54, 1.807) is 12.3 Å². The van der Waals surface area contributed by atoms with E-state index >= 15 is 0 Å². The van der Waals surface area contributed by atoms with Crippen LogP contribution in [0.1, 0.15) is 26.7 Å². The summed E-state index contributed by atoms with van der Waals surface area (Å²) in [6.07, 6.45) is 4.30. The lowest BCUT2D eigenvalue weighted by atomic mass is 10.0. The van der Waals surface area contributed by atoms with E-state index in [1.165, 1.54) is 53.6 Å². The third-order valence-electron chi connectivity index (χ3n) is 4.73. The Balaban J connectivity index is 0.000000233. The minimum absolute atomic E-state index is 0.180. The topological polar surface area (TPSA) is 49.8 Å². The van der Waals surface area contributed by atoms with Gasteiger partial charge in [-0.25, -0.2) is 18.7 Å². The Morgan fingerprint density at radius 3 is 2.75 bits per heavy atom. The highest BCUT2D eigenvalue weighted by atomic mass is 32.1. The van der Waals surface area contributed by atoms with Gasteiger partial charge >= 0.3 is 0 Å². The molecule has 0 radical (unpaired) electrons. The highest BCUT2D eigenvalue weighted by molar-refractivity contribution is 7.17. The van der Waals surface area contributed by atoms with Crippen LogP contribution in [0.4, 0.5) is 20.2 Å². The van der Waals surface area contributed by atoms with Gasteiger partial charge in [0.2, 0.25) is 0 Å². The van der Waals surface area contributed by atoms with Crippen LogP contribution in [0, 0.1) is 11.6 Å². The molecule has 0 atom stereocenters. The molecule has 0 amide bonds. The van der Waals surface area contributed by atoms with Gasteiger partial charge in [0.15, 0.2) is 11.6 Å². The molecule has 0 spiro atoms. The normalized spacial score (nSPS) is 15.6. The quantitative estimate of drug-likeness (QED) is 0.414. The Morgan fingerprint density at radius 1 is 1.18 bits per heavy atom. The van der Waals surface area contributed by atoms with E-state index in [4.69, 9.17) is 0 Å². The molecule has 4 aromatic rings. The lowest BCUT2D eigenvalue weighted by molar-refractivity contribution is 0.460. The smallest absolute Gasteiger partial charge is 0.176 e. The number of halogens is 2. The maximum atomic E-state index is 14.4. The lowest BCUT2D eigenvalue weighted by Gasteiger charge is -2.15. The molecule has 8 heteroatoms. The highest BCUT2D eigenvalue weighted by Crippen LogP contribution is 2.34. The molecule has 0 saturated carbocycles. The third kappa shape index (κ3) is 3.85. The summed E-state index contributed by atoms with van der Waals surface area (Å²) in [5.41, 5.74) is 2.56. The van der Waals surface area contributed by atoms with Crippen LogP contribution in [0.25, 0.3) is 20.4 Å². The maximum Gasteiger partial charge on any atom is 0.176 e. The van der Waals surface area contributed by atoms with Gasteiger partial charge in [-0.1, -0.05) is 0 Å². The van der Waals surface area contributed by atoms with Crippen molar-refractivity contribution in [2.75, 3.05) is 11.9 Å². The van der Waals surface area contributed by atoms with Crippen molar-refractivity contribution in [1.29, 1.82) is 0 Å². The zero-order chi connectivity index (χ0) is 19.7. The third-order valence-corrected chi connectivity index (χ3v) is 6.33. The summed E-state index contributed by atoms with van der Waals surface area (Å²) in [4.78, 5) is 8.97. The minimum atomic E-state index is -0.675. The Bertz CT molecular complexity index is 1110. The number of aromatic nitrogens is 2. The predicted molar refractivity (Wildman–Crippen MR) is 114 cm³/mol. The number of thiophene rings is 1. The first kappa shape index (κ1) is 19.2.